The number of benzene rings is 1. The normalized spacial score (nSPS) is 18.5. The fraction of sp³-hybridized carbons (Fsp3) is 0.571. The van der Waals surface area contributed by atoms with Crippen molar-refractivity contribution in [1.82, 2.24) is 0 Å². The van der Waals surface area contributed by atoms with Crippen LogP contribution in [-0.2, 0) is 10.2 Å². The molecule has 0 radical (unpaired) electrons. The third-order valence-electron chi connectivity index (χ3n) is 3.54. The lowest BCUT2D eigenvalue weighted by Crippen LogP contribution is -2.47. The first-order chi connectivity index (χ1) is 7.68. The van der Waals surface area contributed by atoms with E-state index in [1.54, 1.807) is 0 Å². The van der Waals surface area contributed by atoms with Gasteiger partial charge in [-0.05, 0) is 29.2 Å². The highest BCUT2D eigenvalue weighted by Crippen LogP contribution is 2.36. The second kappa shape index (κ2) is 4.80. The summed E-state index contributed by atoms with van der Waals surface area (Å²) in [4.78, 5) is 0. The van der Waals surface area contributed by atoms with Gasteiger partial charge in [0.05, 0.1) is 13.2 Å². The Hall–Kier alpha value is -0.470. The second-order valence-corrected chi connectivity index (χ2v) is 5.47. The van der Waals surface area contributed by atoms with Gasteiger partial charge in [0.15, 0.2) is 0 Å². The first kappa shape index (κ1) is 12.0. The summed E-state index contributed by atoms with van der Waals surface area (Å²) in [6.45, 7) is 6.17. The Kier molecular flexibility index (Phi) is 3.60. The fourth-order valence-electron chi connectivity index (χ4n) is 2.24. The maximum Gasteiger partial charge on any atom is 0.0585 e. The van der Waals surface area contributed by atoms with E-state index in [9.17, 15) is 0 Å². The maximum atomic E-state index is 5.39. The monoisotopic (exact) mass is 236 g/mol. The lowest BCUT2D eigenvalue weighted by Gasteiger charge is -2.42. The third-order valence-corrected chi connectivity index (χ3v) is 3.76. The largest absolute Gasteiger partial charge is 0.379 e. The van der Waals surface area contributed by atoms with Crippen LogP contribution >= 0.6 is 12.6 Å². The van der Waals surface area contributed by atoms with Crippen molar-refractivity contribution in [2.45, 2.75) is 31.6 Å². The van der Waals surface area contributed by atoms with Crippen LogP contribution in [0.2, 0.25) is 0 Å². The van der Waals surface area contributed by atoms with Gasteiger partial charge in [-0.15, -0.1) is 0 Å². The molecule has 0 N–H and O–H groups in total. The van der Waals surface area contributed by atoms with Crippen LogP contribution in [0.1, 0.15) is 37.3 Å². The highest BCUT2D eigenvalue weighted by molar-refractivity contribution is 7.80. The van der Waals surface area contributed by atoms with Crippen molar-refractivity contribution in [2.75, 3.05) is 19.0 Å². The molecule has 2 heteroatoms. The first-order valence-electron chi connectivity index (χ1n) is 5.97. The lowest BCUT2D eigenvalue weighted by atomic mass is 9.76. The van der Waals surface area contributed by atoms with Gasteiger partial charge in [0, 0.05) is 5.41 Å². The summed E-state index contributed by atoms with van der Waals surface area (Å²) in [5.74, 6) is 1.53. The average molecular weight is 236 g/mol. The smallest absolute Gasteiger partial charge is 0.0585 e. The van der Waals surface area contributed by atoms with Crippen LogP contribution in [0.5, 0.6) is 0 Å². The predicted octanol–water partition coefficient (Wildman–Crippen LogP) is 3.40. The Morgan fingerprint density at radius 1 is 1.25 bits per heavy atom. The molecule has 0 spiro atoms. The van der Waals surface area contributed by atoms with Crippen molar-refractivity contribution in [3.05, 3.63) is 35.4 Å². The molecule has 16 heavy (non-hydrogen) atoms. The topological polar surface area (TPSA) is 9.23 Å². The van der Waals surface area contributed by atoms with Gasteiger partial charge in [-0.3, -0.25) is 0 Å². The van der Waals surface area contributed by atoms with Gasteiger partial charge in [-0.1, -0.05) is 38.1 Å². The third kappa shape index (κ3) is 2.14. The van der Waals surface area contributed by atoms with E-state index < -0.39 is 0 Å². The standard InChI is InChI=1S/C14H20OS/c1-11(2)12-3-5-13(6-4-12)14(7-8-16)9-15-10-14/h3-6,11,16H,7-10H2,1-2H3. The molecule has 1 aromatic carbocycles. The number of ether oxygens (including phenoxy) is 1. The zero-order valence-electron chi connectivity index (χ0n) is 10.1. The van der Waals surface area contributed by atoms with Crippen LogP contribution < -0.4 is 0 Å². The van der Waals surface area contributed by atoms with E-state index in [0.717, 1.165) is 25.4 Å². The van der Waals surface area contributed by atoms with E-state index in [1.807, 2.05) is 0 Å². The fourth-order valence-corrected chi connectivity index (χ4v) is 2.67. The molecule has 1 heterocycles. The average Bonchev–Trinajstić information content (AvgIpc) is 2.23. The van der Waals surface area contributed by atoms with Crippen LogP contribution in [0.15, 0.2) is 24.3 Å². The molecular weight excluding hydrogens is 216 g/mol. The van der Waals surface area contributed by atoms with E-state index >= 15 is 0 Å². The summed E-state index contributed by atoms with van der Waals surface area (Å²) in [6, 6.07) is 9.03. The van der Waals surface area contributed by atoms with Crippen LogP contribution in [-0.4, -0.2) is 19.0 Å². The summed E-state index contributed by atoms with van der Waals surface area (Å²) in [6.07, 6.45) is 1.11. The molecular formula is C14H20OS. The van der Waals surface area contributed by atoms with Gasteiger partial charge in [0.1, 0.15) is 0 Å². The molecule has 0 amide bonds. The minimum Gasteiger partial charge on any atom is -0.379 e. The van der Waals surface area contributed by atoms with Crippen molar-refractivity contribution >= 4 is 12.6 Å². The van der Waals surface area contributed by atoms with Crippen LogP contribution in [0.25, 0.3) is 0 Å². The van der Waals surface area contributed by atoms with Crippen LogP contribution in [0, 0.1) is 0 Å². The molecule has 0 bridgehead atoms. The van der Waals surface area contributed by atoms with Crippen LogP contribution in [0.4, 0.5) is 0 Å². The predicted molar refractivity (Wildman–Crippen MR) is 71.5 cm³/mol. The molecule has 1 aliphatic heterocycles. The van der Waals surface area contributed by atoms with E-state index in [-0.39, 0.29) is 5.41 Å². The molecule has 0 aromatic heterocycles. The van der Waals surface area contributed by atoms with E-state index in [4.69, 9.17) is 4.74 Å². The van der Waals surface area contributed by atoms with E-state index in [2.05, 4.69) is 50.7 Å². The number of rotatable bonds is 4. The summed E-state index contributed by atoms with van der Waals surface area (Å²) in [5.41, 5.74) is 3.07. The summed E-state index contributed by atoms with van der Waals surface area (Å²) < 4.78 is 5.39. The van der Waals surface area contributed by atoms with Crippen LogP contribution in [0.3, 0.4) is 0 Å². The SMILES string of the molecule is CC(C)c1ccc(C2(CCS)COC2)cc1. The maximum absolute atomic E-state index is 5.39. The first-order valence-corrected chi connectivity index (χ1v) is 6.60. The Morgan fingerprint density at radius 2 is 1.88 bits per heavy atom. The molecule has 0 aliphatic carbocycles. The Morgan fingerprint density at radius 3 is 2.25 bits per heavy atom. The molecule has 88 valence electrons. The molecule has 1 saturated heterocycles. The highest BCUT2D eigenvalue weighted by Gasteiger charge is 2.39. The van der Waals surface area contributed by atoms with E-state index in [1.165, 1.54) is 11.1 Å². The van der Waals surface area contributed by atoms with E-state index in [0.29, 0.717) is 5.92 Å². The number of hydrogen-bond donors (Lipinski definition) is 1. The minimum atomic E-state index is 0.247. The zero-order valence-corrected chi connectivity index (χ0v) is 11.0. The Labute approximate surface area is 104 Å². The molecule has 1 aromatic rings. The molecule has 2 rings (SSSR count). The van der Waals surface area contributed by atoms with Crippen molar-refractivity contribution in [2.24, 2.45) is 0 Å². The molecule has 1 fully saturated rings. The zero-order chi connectivity index (χ0) is 11.6. The lowest BCUT2D eigenvalue weighted by molar-refractivity contribution is -0.0613. The molecule has 0 saturated carbocycles. The Balaban J connectivity index is 2.20. The molecule has 1 nitrogen and oxygen atoms in total. The van der Waals surface area contributed by atoms with Gasteiger partial charge in [-0.2, -0.15) is 12.6 Å². The van der Waals surface area contributed by atoms with Gasteiger partial charge in [-0.25, -0.2) is 0 Å². The highest BCUT2D eigenvalue weighted by atomic mass is 32.1. The Bertz CT molecular complexity index is 338. The molecule has 1 aliphatic rings. The molecule has 0 unspecified atom stereocenters. The number of thiol groups is 1. The van der Waals surface area contributed by atoms with Gasteiger partial charge in [0.25, 0.3) is 0 Å². The minimum absolute atomic E-state index is 0.247. The summed E-state index contributed by atoms with van der Waals surface area (Å²) >= 11 is 4.35. The summed E-state index contributed by atoms with van der Waals surface area (Å²) in [7, 11) is 0. The van der Waals surface area contributed by atoms with Crippen molar-refractivity contribution in [1.29, 1.82) is 0 Å². The van der Waals surface area contributed by atoms with Gasteiger partial charge < -0.3 is 4.74 Å². The second-order valence-electron chi connectivity index (χ2n) is 5.02. The van der Waals surface area contributed by atoms with Crippen molar-refractivity contribution in [3.63, 3.8) is 0 Å². The molecule has 0 atom stereocenters. The van der Waals surface area contributed by atoms with Crippen molar-refractivity contribution < 1.29 is 4.74 Å². The van der Waals surface area contributed by atoms with Crippen molar-refractivity contribution in [3.8, 4) is 0 Å². The number of hydrogen-bond acceptors (Lipinski definition) is 2. The van der Waals surface area contributed by atoms with Gasteiger partial charge in [0.2, 0.25) is 0 Å². The summed E-state index contributed by atoms with van der Waals surface area (Å²) in [5, 5.41) is 0. The van der Waals surface area contributed by atoms with Gasteiger partial charge >= 0.3 is 0 Å². The quantitative estimate of drug-likeness (QED) is 0.788.